The quantitative estimate of drug-likeness (QED) is 0.844. The number of rotatable bonds is 2. The first-order valence-corrected chi connectivity index (χ1v) is 5.72. The molecule has 2 rings (SSSR count). The van der Waals surface area contributed by atoms with Crippen molar-refractivity contribution >= 4 is 15.9 Å². The molecule has 1 N–H and O–H groups in total. The highest BCUT2D eigenvalue weighted by atomic mass is 79.9. The maximum atomic E-state index is 9.42. The fraction of sp³-hybridized carbons (Fsp3) is 0.0833. The standard InChI is InChI=1S/C12H10BrNO/c13-7-12-11(6-10(15)8-14-12)9-4-2-1-3-5-9/h1-6,8,15H,7H2. The van der Waals surface area contributed by atoms with Gasteiger partial charge in [-0.2, -0.15) is 0 Å². The maximum absolute atomic E-state index is 9.42. The Labute approximate surface area is 96.7 Å². The maximum Gasteiger partial charge on any atom is 0.134 e. The van der Waals surface area contributed by atoms with Crippen LogP contribution in [0.1, 0.15) is 5.69 Å². The van der Waals surface area contributed by atoms with Gasteiger partial charge in [-0.05, 0) is 11.6 Å². The lowest BCUT2D eigenvalue weighted by atomic mass is 10.0. The molecule has 1 aromatic heterocycles. The summed E-state index contributed by atoms with van der Waals surface area (Å²) in [6, 6.07) is 11.6. The van der Waals surface area contributed by atoms with Gasteiger partial charge in [-0.3, -0.25) is 4.98 Å². The lowest BCUT2D eigenvalue weighted by molar-refractivity contribution is 0.472. The van der Waals surface area contributed by atoms with Crippen LogP contribution in [0.4, 0.5) is 0 Å². The Morgan fingerprint density at radius 3 is 2.60 bits per heavy atom. The van der Waals surface area contributed by atoms with E-state index in [1.54, 1.807) is 6.07 Å². The number of hydrogen-bond acceptors (Lipinski definition) is 2. The Balaban J connectivity index is 2.56. The molecule has 0 unspecified atom stereocenters. The molecule has 0 spiro atoms. The van der Waals surface area contributed by atoms with Crippen LogP contribution in [-0.4, -0.2) is 10.1 Å². The van der Waals surface area contributed by atoms with Crippen molar-refractivity contribution in [2.75, 3.05) is 0 Å². The van der Waals surface area contributed by atoms with Gasteiger partial charge in [0.05, 0.1) is 11.9 Å². The van der Waals surface area contributed by atoms with Gasteiger partial charge < -0.3 is 5.11 Å². The molecular weight excluding hydrogens is 254 g/mol. The van der Waals surface area contributed by atoms with Crippen LogP contribution in [0, 0.1) is 0 Å². The molecule has 0 aliphatic heterocycles. The highest BCUT2D eigenvalue weighted by molar-refractivity contribution is 9.08. The normalized spacial score (nSPS) is 10.2. The van der Waals surface area contributed by atoms with Gasteiger partial charge in [-0.15, -0.1) is 0 Å². The molecule has 0 aliphatic rings. The van der Waals surface area contributed by atoms with Crippen molar-refractivity contribution in [2.45, 2.75) is 5.33 Å². The van der Waals surface area contributed by atoms with E-state index in [4.69, 9.17) is 0 Å². The zero-order valence-corrected chi connectivity index (χ0v) is 9.61. The van der Waals surface area contributed by atoms with Crippen LogP contribution in [0.15, 0.2) is 42.6 Å². The van der Waals surface area contributed by atoms with Crippen molar-refractivity contribution in [1.82, 2.24) is 4.98 Å². The molecule has 3 heteroatoms. The number of hydrogen-bond donors (Lipinski definition) is 1. The molecule has 1 aromatic carbocycles. The molecule has 0 atom stereocenters. The molecular formula is C12H10BrNO. The molecule has 0 radical (unpaired) electrons. The van der Waals surface area contributed by atoms with Gasteiger partial charge in [0.2, 0.25) is 0 Å². The Morgan fingerprint density at radius 2 is 1.93 bits per heavy atom. The highest BCUT2D eigenvalue weighted by Crippen LogP contribution is 2.26. The summed E-state index contributed by atoms with van der Waals surface area (Å²) in [4.78, 5) is 4.18. The van der Waals surface area contributed by atoms with E-state index in [1.807, 2.05) is 30.3 Å². The van der Waals surface area contributed by atoms with E-state index in [9.17, 15) is 5.11 Å². The fourth-order valence-corrected chi connectivity index (χ4v) is 1.90. The summed E-state index contributed by atoms with van der Waals surface area (Å²) >= 11 is 3.39. The number of nitrogens with zero attached hydrogens (tertiary/aromatic N) is 1. The number of aromatic hydroxyl groups is 1. The van der Waals surface area contributed by atoms with E-state index in [2.05, 4.69) is 20.9 Å². The Morgan fingerprint density at radius 1 is 1.20 bits per heavy atom. The first-order chi connectivity index (χ1) is 7.31. The molecule has 0 fully saturated rings. The van der Waals surface area contributed by atoms with Gasteiger partial charge >= 0.3 is 0 Å². The van der Waals surface area contributed by atoms with E-state index in [1.165, 1.54) is 6.20 Å². The van der Waals surface area contributed by atoms with Gasteiger partial charge in [-0.1, -0.05) is 46.3 Å². The van der Waals surface area contributed by atoms with Crippen molar-refractivity contribution in [2.24, 2.45) is 0 Å². The Kier molecular flexibility index (Phi) is 3.02. The minimum Gasteiger partial charge on any atom is -0.506 e. The second-order valence-electron chi connectivity index (χ2n) is 3.19. The van der Waals surface area contributed by atoms with Crippen molar-refractivity contribution in [3.05, 3.63) is 48.3 Å². The number of halogens is 1. The second kappa shape index (κ2) is 4.45. The van der Waals surface area contributed by atoms with Crippen molar-refractivity contribution < 1.29 is 5.11 Å². The summed E-state index contributed by atoms with van der Waals surface area (Å²) in [5.74, 6) is 0.193. The molecule has 0 saturated heterocycles. The van der Waals surface area contributed by atoms with Crippen LogP contribution in [-0.2, 0) is 5.33 Å². The lowest BCUT2D eigenvalue weighted by Crippen LogP contribution is -1.90. The minimum atomic E-state index is 0.193. The predicted octanol–water partition coefficient (Wildman–Crippen LogP) is 3.35. The number of pyridine rings is 1. The molecule has 76 valence electrons. The average Bonchev–Trinajstić information content (AvgIpc) is 2.30. The zero-order valence-electron chi connectivity index (χ0n) is 8.02. The van der Waals surface area contributed by atoms with Crippen LogP contribution in [0.5, 0.6) is 5.75 Å². The van der Waals surface area contributed by atoms with E-state index in [-0.39, 0.29) is 5.75 Å². The summed E-state index contributed by atoms with van der Waals surface area (Å²) in [6.45, 7) is 0. The van der Waals surface area contributed by atoms with Crippen LogP contribution >= 0.6 is 15.9 Å². The van der Waals surface area contributed by atoms with E-state index in [0.29, 0.717) is 5.33 Å². The van der Waals surface area contributed by atoms with E-state index in [0.717, 1.165) is 16.8 Å². The number of aromatic nitrogens is 1. The minimum absolute atomic E-state index is 0.193. The molecule has 0 aliphatic carbocycles. The topological polar surface area (TPSA) is 33.1 Å². The number of benzene rings is 1. The van der Waals surface area contributed by atoms with Crippen LogP contribution in [0.25, 0.3) is 11.1 Å². The third-order valence-corrected chi connectivity index (χ3v) is 2.70. The second-order valence-corrected chi connectivity index (χ2v) is 3.75. The van der Waals surface area contributed by atoms with Crippen LogP contribution < -0.4 is 0 Å². The first-order valence-electron chi connectivity index (χ1n) is 4.60. The predicted molar refractivity (Wildman–Crippen MR) is 64.0 cm³/mol. The molecule has 1 heterocycles. The molecule has 2 aromatic rings. The molecule has 0 amide bonds. The zero-order chi connectivity index (χ0) is 10.7. The third-order valence-electron chi connectivity index (χ3n) is 2.17. The van der Waals surface area contributed by atoms with Gasteiger partial charge in [0.15, 0.2) is 0 Å². The SMILES string of the molecule is Oc1cnc(CBr)c(-c2ccccc2)c1. The highest BCUT2D eigenvalue weighted by Gasteiger charge is 2.05. The number of alkyl halides is 1. The van der Waals surface area contributed by atoms with Crippen molar-refractivity contribution in [1.29, 1.82) is 0 Å². The summed E-state index contributed by atoms with van der Waals surface area (Å²) in [7, 11) is 0. The monoisotopic (exact) mass is 263 g/mol. The smallest absolute Gasteiger partial charge is 0.134 e. The first kappa shape index (κ1) is 10.2. The van der Waals surface area contributed by atoms with Crippen LogP contribution in [0.2, 0.25) is 0 Å². The van der Waals surface area contributed by atoms with Gasteiger partial charge in [0.25, 0.3) is 0 Å². The summed E-state index contributed by atoms with van der Waals surface area (Å²) < 4.78 is 0. The third kappa shape index (κ3) is 2.18. The van der Waals surface area contributed by atoms with E-state index >= 15 is 0 Å². The van der Waals surface area contributed by atoms with Crippen LogP contribution in [0.3, 0.4) is 0 Å². The molecule has 2 nitrogen and oxygen atoms in total. The lowest BCUT2D eigenvalue weighted by Gasteiger charge is -2.06. The molecule has 0 bridgehead atoms. The summed E-state index contributed by atoms with van der Waals surface area (Å²) in [5, 5.41) is 10.1. The van der Waals surface area contributed by atoms with Gasteiger partial charge in [0, 0.05) is 10.9 Å². The Hall–Kier alpha value is -1.35. The van der Waals surface area contributed by atoms with Gasteiger partial charge in [0.1, 0.15) is 5.75 Å². The summed E-state index contributed by atoms with van der Waals surface area (Å²) in [6.07, 6.45) is 1.46. The largest absolute Gasteiger partial charge is 0.506 e. The van der Waals surface area contributed by atoms with Gasteiger partial charge in [-0.25, -0.2) is 0 Å². The fourth-order valence-electron chi connectivity index (χ4n) is 1.46. The van der Waals surface area contributed by atoms with E-state index < -0.39 is 0 Å². The Bertz CT molecular complexity index is 456. The average molecular weight is 264 g/mol. The summed E-state index contributed by atoms with van der Waals surface area (Å²) in [5.41, 5.74) is 2.96. The molecule has 15 heavy (non-hydrogen) atoms. The van der Waals surface area contributed by atoms with Crippen molar-refractivity contribution in [3.8, 4) is 16.9 Å². The van der Waals surface area contributed by atoms with Crippen molar-refractivity contribution in [3.63, 3.8) is 0 Å². The molecule has 0 saturated carbocycles.